The third kappa shape index (κ3) is 3.04. The molecule has 5 heteroatoms. The number of hydrogen-bond acceptors (Lipinski definition) is 4. The lowest BCUT2D eigenvalue weighted by atomic mass is 10.3. The Labute approximate surface area is 125 Å². The van der Waals surface area contributed by atoms with Crippen LogP contribution < -0.4 is 4.74 Å². The van der Waals surface area contributed by atoms with Crippen molar-refractivity contribution < 1.29 is 9.84 Å². The summed E-state index contributed by atoms with van der Waals surface area (Å²) in [6.45, 7) is 4.23. The number of aliphatic hydroxyl groups excluding tert-OH is 1. The normalized spacial score (nSPS) is 15.9. The van der Waals surface area contributed by atoms with E-state index in [0.717, 1.165) is 55.2 Å². The van der Waals surface area contributed by atoms with E-state index in [2.05, 4.69) is 15.5 Å². The van der Waals surface area contributed by atoms with Crippen molar-refractivity contribution >= 4 is 11.0 Å². The monoisotopic (exact) mass is 289 g/mol. The molecule has 0 radical (unpaired) electrons. The molecule has 1 aliphatic rings. The van der Waals surface area contributed by atoms with Crippen molar-refractivity contribution in [2.24, 2.45) is 0 Å². The maximum atomic E-state index is 9.13. The van der Waals surface area contributed by atoms with Gasteiger partial charge in [-0.25, -0.2) is 4.98 Å². The number of rotatable bonds is 6. The Morgan fingerprint density at radius 3 is 2.81 bits per heavy atom. The topological polar surface area (TPSA) is 50.5 Å². The largest absolute Gasteiger partial charge is 0.497 e. The Morgan fingerprint density at radius 2 is 2.10 bits per heavy atom. The van der Waals surface area contributed by atoms with Gasteiger partial charge in [0.15, 0.2) is 0 Å². The number of benzene rings is 1. The average Bonchev–Trinajstić information content (AvgIpc) is 3.12. The van der Waals surface area contributed by atoms with E-state index in [1.54, 1.807) is 7.11 Å². The maximum absolute atomic E-state index is 9.13. The lowest BCUT2D eigenvalue weighted by Crippen LogP contribution is -2.21. The second kappa shape index (κ2) is 6.45. The number of methoxy groups -OCH3 is 1. The Kier molecular flexibility index (Phi) is 4.41. The van der Waals surface area contributed by atoms with Crippen molar-refractivity contribution in [3.05, 3.63) is 24.0 Å². The minimum Gasteiger partial charge on any atom is -0.497 e. The second-order valence-corrected chi connectivity index (χ2v) is 5.59. The highest BCUT2D eigenvalue weighted by molar-refractivity contribution is 5.77. The molecule has 2 aromatic rings. The third-order valence-electron chi connectivity index (χ3n) is 4.14. The van der Waals surface area contributed by atoms with Gasteiger partial charge in [0.25, 0.3) is 0 Å². The van der Waals surface area contributed by atoms with Crippen molar-refractivity contribution in [1.82, 2.24) is 14.5 Å². The highest BCUT2D eigenvalue weighted by Gasteiger charge is 2.17. The molecule has 5 nitrogen and oxygen atoms in total. The molecular formula is C16H23N3O2. The molecule has 0 aliphatic carbocycles. The van der Waals surface area contributed by atoms with E-state index < -0.39 is 0 Å². The second-order valence-electron chi connectivity index (χ2n) is 5.59. The molecule has 21 heavy (non-hydrogen) atoms. The molecule has 0 amide bonds. The number of ether oxygens (including phenoxy) is 1. The van der Waals surface area contributed by atoms with E-state index in [0.29, 0.717) is 0 Å². The molecule has 0 spiro atoms. The molecule has 1 aromatic heterocycles. The quantitative estimate of drug-likeness (QED) is 0.884. The molecule has 0 unspecified atom stereocenters. The van der Waals surface area contributed by atoms with E-state index >= 15 is 0 Å². The first-order valence-corrected chi connectivity index (χ1v) is 7.68. The minimum atomic E-state index is 0.207. The van der Waals surface area contributed by atoms with Crippen molar-refractivity contribution in [2.45, 2.75) is 32.4 Å². The van der Waals surface area contributed by atoms with Crippen LogP contribution in [0.3, 0.4) is 0 Å². The van der Waals surface area contributed by atoms with Gasteiger partial charge in [0, 0.05) is 19.2 Å². The molecule has 0 saturated carbocycles. The van der Waals surface area contributed by atoms with Crippen LogP contribution >= 0.6 is 0 Å². The van der Waals surface area contributed by atoms with Gasteiger partial charge in [-0.1, -0.05) is 0 Å². The van der Waals surface area contributed by atoms with Gasteiger partial charge in [-0.05, 0) is 44.5 Å². The molecule has 1 aromatic carbocycles. The van der Waals surface area contributed by atoms with Crippen LogP contribution in [0.2, 0.25) is 0 Å². The number of imidazole rings is 1. The number of nitrogens with zero attached hydrogens (tertiary/aromatic N) is 3. The zero-order valence-electron chi connectivity index (χ0n) is 12.6. The highest BCUT2D eigenvalue weighted by Crippen LogP contribution is 2.23. The van der Waals surface area contributed by atoms with E-state index in [9.17, 15) is 0 Å². The summed E-state index contributed by atoms with van der Waals surface area (Å²) in [5, 5.41) is 9.13. The van der Waals surface area contributed by atoms with Crippen molar-refractivity contribution in [2.75, 3.05) is 26.8 Å². The molecule has 0 bridgehead atoms. The fourth-order valence-electron chi connectivity index (χ4n) is 3.03. The predicted molar refractivity (Wildman–Crippen MR) is 82.5 cm³/mol. The summed E-state index contributed by atoms with van der Waals surface area (Å²) in [6.07, 6.45) is 3.32. The average molecular weight is 289 g/mol. The molecule has 1 saturated heterocycles. The Bertz CT molecular complexity index is 603. The number of aryl methyl sites for hydroxylation is 1. The van der Waals surface area contributed by atoms with Crippen LogP contribution in [0.15, 0.2) is 18.2 Å². The van der Waals surface area contributed by atoms with Crippen LogP contribution in [0.5, 0.6) is 5.75 Å². The minimum absolute atomic E-state index is 0.207. The van der Waals surface area contributed by atoms with Gasteiger partial charge >= 0.3 is 0 Å². The summed E-state index contributed by atoms with van der Waals surface area (Å²) in [7, 11) is 1.68. The number of fused-ring (bicyclic) bond motifs is 1. The lowest BCUT2D eigenvalue weighted by Gasteiger charge is -2.15. The summed E-state index contributed by atoms with van der Waals surface area (Å²) in [6, 6.07) is 6.02. The van der Waals surface area contributed by atoms with Gasteiger partial charge in [-0.3, -0.25) is 4.90 Å². The fraction of sp³-hybridized carbons (Fsp3) is 0.562. The van der Waals surface area contributed by atoms with Crippen LogP contribution in [0.4, 0.5) is 0 Å². The number of aromatic nitrogens is 2. The summed E-state index contributed by atoms with van der Waals surface area (Å²) in [4.78, 5) is 7.25. The van der Waals surface area contributed by atoms with Crippen molar-refractivity contribution in [3.63, 3.8) is 0 Å². The van der Waals surface area contributed by atoms with Gasteiger partial charge in [-0.2, -0.15) is 0 Å². The predicted octanol–water partition coefficient (Wildman–Crippen LogP) is 2.02. The Balaban J connectivity index is 1.94. The number of hydrogen-bond donors (Lipinski definition) is 1. The summed E-state index contributed by atoms with van der Waals surface area (Å²) < 4.78 is 7.53. The zero-order valence-corrected chi connectivity index (χ0v) is 12.6. The van der Waals surface area contributed by atoms with Gasteiger partial charge < -0.3 is 14.4 Å². The first-order chi connectivity index (χ1) is 10.3. The van der Waals surface area contributed by atoms with E-state index in [-0.39, 0.29) is 6.61 Å². The zero-order chi connectivity index (χ0) is 14.7. The summed E-state index contributed by atoms with van der Waals surface area (Å²) >= 11 is 0. The van der Waals surface area contributed by atoms with Crippen molar-refractivity contribution in [3.8, 4) is 5.75 Å². The van der Waals surface area contributed by atoms with Crippen LogP contribution in [-0.4, -0.2) is 46.4 Å². The van der Waals surface area contributed by atoms with E-state index in [4.69, 9.17) is 14.8 Å². The molecule has 1 N–H and O–H groups in total. The summed E-state index contributed by atoms with van der Waals surface area (Å²) in [5.41, 5.74) is 2.10. The lowest BCUT2D eigenvalue weighted by molar-refractivity contribution is 0.276. The maximum Gasteiger partial charge on any atom is 0.124 e. The third-order valence-corrected chi connectivity index (χ3v) is 4.14. The first-order valence-electron chi connectivity index (χ1n) is 7.68. The summed E-state index contributed by atoms with van der Waals surface area (Å²) in [5.74, 6) is 1.93. The molecule has 1 fully saturated rings. The molecule has 1 aliphatic heterocycles. The molecule has 0 atom stereocenters. The molecule has 2 heterocycles. The fourth-order valence-corrected chi connectivity index (χ4v) is 3.03. The van der Waals surface area contributed by atoms with Crippen LogP contribution in [0, 0.1) is 0 Å². The van der Waals surface area contributed by atoms with Gasteiger partial charge in [-0.15, -0.1) is 0 Å². The van der Waals surface area contributed by atoms with E-state index in [1.165, 1.54) is 12.8 Å². The first kappa shape index (κ1) is 14.4. The number of likely N-dealkylation sites (tertiary alicyclic amines) is 1. The van der Waals surface area contributed by atoms with Gasteiger partial charge in [0.05, 0.1) is 24.7 Å². The van der Waals surface area contributed by atoms with Crippen LogP contribution in [0.25, 0.3) is 11.0 Å². The molecule has 114 valence electrons. The van der Waals surface area contributed by atoms with Gasteiger partial charge in [0.2, 0.25) is 0 Å². The SMILES string of the molecule is COc1ccc2c(c1)nc(CN1CCCC1)n2CCCO. The smallest absolute Gasteiger partial charge is 0.124 e. The van der Waals surface area contributed by atoms with E-state index in [1.807, 2.05) is 12.1 Å². The molecular weight excluding hydrogens is 266 g/mol. The number of aliphatic hydroxyl groups is 1. The molecule has 3 rings (SSSR count). The van der Waals surface area contributed by atoms with Crippen molar-refractivity contribution in [1.29, 1.82) is 0 Å². The van der Waals surface area contributed by atoms with Crippen LogP contribution in [-0.2, 0) is 13.1 Å². The standard InChI is InChI=1S/C16H23N3O2/c1-21-13-5-6-15-14(11-13)17-16(19(15)9-4-10-20)12-18-7-2-3-8-18/h5-6,11,20H,2-4,7-10,12H2,1H3. The highest BCUT2D eigenvalue weighted by atomic mass is 16.5. The van der Waals surface area contributed by atoms with Gasteiger partial charge in [0.1, 0.15) is 11.6 Å². The Hall–Kier alpha value is -1.59. The Morgan fingerprint density at radius 1 is 1.29 bits per heavy atom. The van der Waals surface area contributed by atoms with Crippen LogP contribution in [0.1, 0.15) is 25.1 Å².